The van der Waals surface area contributed by atoms with Gasteiger partial charge in [0.15, 0.2) is 0 Å². The zero-order chi connectivity index (χ0) is 12.4. The standard InChI is InChI=1S/C13H17BrN2O/c1-9(10-4-3-5-11(14)8-10)16-7-6-12(15-2)13(16)17/h3-5,8-9,12,15H,6-7H2,1-2H3. The molecule has 0 saturated carbocycles. The topological polar surface area (TPSA) is 32.3 Å². The van der Waals surface area contributed by atoms with E-state index in [1.165, 1.54) is 5.56 Å². The van der Waals surface area contributed by atoms with E-state index in [1.54, 1.807) is 0 Å². The second-order valence-corrected chi connectivity index (χ2v) is 5.31. The van der Waals surface area contributed by atoms with Crippen LogP contribution in [-0.2, 0) is 4.79 Å². The Morgan fingerprint density at radius 2 is 2.29 bits per heavy atom. The minimum Gasteiger partial charge on any atom is -0.335 e. The number of carbonyl (C=O) groups excluding carboxylic acids is 1. The van der Waals surface area contributed by atoms with Gasteiger partial charge >= 0.3 is 0 Å². The third kappa shape index (κ3) is 2.53. The van der Waals surface area contributed by atoms with Crippen molar-refractivity contribution in [1.82, 2.24) is 10.2 Å². The number of benzene rings is 1. The largest absolute Gasteiger partial charge is 0.335 e. The summed E-state index contributed by atoms with van der Waals surface area (Å²) in [6.45, 7) is 2.91. The zero-order valence-electron chi connectivity index (χ0n) is 10.1. The number of rotatable bonds is 3. The summed E-state index contributed by atoms with van der Waals surface area (Å²) in [7, 11) is 1.84. The lowest BCUT2D eigenvalue weighted by Crippen LogP contribution is -2.37. The molecular weight excluding hydrogens is 280 g/mol. The van der Waals surface area contributed by atoms with Gasteiger partial charge in [0.05, 0.1) is 12.1 Å². The van der Waals surface area contributed by atoms with Gasteiger partial charge in [-0.25, -0.2) is 0 Å². The maximum absolute atomic E-state index is 12.1. The van der Waals surface area contributed by atoms with E-state index in [-0.39, 0.29) is 18.0 Å². The van der Waals surface area contributed by atoms with Crippen molar-refractivity contribution in [3.63, 3.8) is 0 Å². The molecule has 0 aliphatic carbocycles. The summed E-state index contributed by atoms with van der Waals surface area (Å²) < 4.78 is 1.05. The molecule has 3 nitrogen and oxygen atoms in total. The van der Waals surface area contributed by atoms with Gasteiger partial charge in [0.25, 0.3) is 0 Å². The fourth-order valence-corrected chi connectivity index (χ4v) is 2.72. The number of carbonyl (C=O) groups is 1. The predicted octanol–water partition coefficient (Wildman–Crippen LogP) is 2.33. The van der Waals surface area contributed by atoms with Crippen molar-refractivity contribution in [3.05, 3.63) is 34.3 Å². The van der Waals surface area contributed by atoms with E-state index in [4.69, 9.17) is 0 Å². The number of hydrogen-bond donors (Lipinski definition) is 1. The first kappa shape index (κ1) is 12.6. The molecule has 1 aromatic rings. The van der Waals surface area contributed by atoms with Gasteiger partial charge in [-0.15, -0.1) is 0 Å². The first-order valence-corrected chi connectivity index (χ1v) is 6.66. The molecule has 0 radical (unpaired) electrons. The minimum absolute atomic E-state index is 0.00963. The van der Waals surface area contributed by atoms with E-state index < -0.39 is 0 Å². The Morgan fingerprint density at radius 3 is 2.88 bits per heavy atom. The quantitative estimate of drug-likeness (QED) is 0.928. The fourth-order valence-electron chi connectivity index (χ4n) is 2.30. The van der Waals surface area contributed by atoms with Crippen molar-refractivity contribution in [2.45, 2.75) is 25.4 Å². The molecule has 0 spiro atoms. The van der Waals surface area contributed by atoms with Crippen LogP contribution in [0.4, 0.5) is 0 Å². The molecule has 1 saturated heterocycles. The van der Waals surface area contributed by atoms with Crippen LogP contribution in [0.5, 0.6) is 0 Å². The summed E-state index contributed by atoms with van der Waals surface area (Å²) in [6, 6.07) is 8.27. The summed E-state index contributed by atoms with van der Waals surface area (Å²) in [4.78, 5) is 14.0. The SMILES string of the molecule is CNC1CCN(C(C)c2cccc(Br)c2)C1=O. The van der Waals surface area contributed by atoms with Crippen molar-refractivity contribution >= 4 is 21.8 Å². The van der Waals surface area contributed by atoms with Crippen LogP contribution in [0.25, 0.3) is 0 Å². The van der Waals surface area contributed by atoms with Crippen LogP contribution in [0.15, 0.2) is 28.7 Å². The van der Waals surface area contributed by atoms with Crippen LogP contribution in [0, 0.1) is 0 Å². The Hall–Kier alpha value is -0.870. The number of hydrogen-bond acceptors (Lipinski definition) is 2. The molecule has 92 valence electrons. The number of amides is 1. The third-order valence-corrected chi connectivity index (χ3v) is 3.88. The summed E-state index contributed by atoms with van der Waals surface area (Å²) in [5.74, 6) is 0.208. The summed E-state index contributed by atoms with van der Waals surface area (Å²) in [5.41, 5.74) is 1.17. The molecule has 1 N–H and O–H groups in total. The number of halogens is 1. The molecule has 1 aliphatic heterocycles. The van der Waals surface area contributed by atoms with Crippen molar-refractivity contribution in [1.29, 1.82) is 0 Å². The van der Waals surface area contributed by atoms with Gasteiger partial charge in [0, 0.05) is 11.0 Å². The van der Waals surface area contributed by atoms with Gasteiger partial charge in [0.2, 0.25) is 5.91 Å². The zero-order valence-corrected chi connectivity index (χ0v) is 11.7. The molecule has 1 aromatic carbocycles. The maximum Gasteiger partial charge on any atom is 0.240 e. The molecule has 2 atom stereocenters. The number of likely N-dealkylation sites (tertiary alicyclic amines) is 1. The second kappa shape index (κ2) is 5.19. The Balaban J connectivity index is 2.16. The van der Waals surface area contributed by atoms with Crippen molar-refractivity contribution in [3.8, 4) is 0 Å². The highest BCUT2D eigenvalue weighted by molar-refractivity contribution is 9.10. The van der Waals surface area contributed by atoms with Gasteiger partial charge in [-0.05, 0) is 38.1 Å². The smallest absolute Gasteiger partial charge is 0.240 e. The van der Waals surface area contributed by atoms with E-state index in [2.05, 4.69) is 40.3 Å². The van der Waals surface area contributed by atoms with Crippen LogP contribution >= 0.6 is 15.9 Å². The van der Waals surface area contributed by atoms with Crippen molar-refractivity contribution < 1.29 is 4.79 Å². The molecule has 1 heterocycles. The lowest BCUT2D eigenvalue weighted by Gasteiger charge is -2.25. The fraction of sp³-hybridized carbons (Fsp3) is 0.462. The van der Waals surface area contributed by atoms with Crippen LogP contribution in [0.2, 0.25) is 0 Å². The Labute approximate surface area is 110 Å². The number of nitrogens with one attached hydrogen (secondary N) is 1. The average molecular weight is 297 g/mol. The number of likely N-dealkylation sites (N-methyl/N-ethyl adjacent to an activating group) is 1. The molecule has 1 amide bonds. The molecule has 4 heteroatoms. The molecule has 0 bridgehead atoms. The van der Waals surface area contributed by atoms with Crippen LogP contribution in [-0.4, -0.2) is 30.4 Å². The van der Waals surface area contributed by atoms with E-state index in [0.717, 1.165) is 17.4 Å². The minimum atomic E-state index is -0.00963. The number of nitrogens with zero attached hydrogens (tertiary/aromatic N) is 1. The summed E-state index contributed by atoms with van der Waals surface area (Å²) >= 11 is 3.46. The normalized spacial score (nSPS) is 21.9. The molecule has 1 aliphatic rings. The van der Waals surface area contributed by atoms with E-state index in [9.17, 15) is 4.79 Å². The van der Waals surface area contributed by atoms with Crippen LogP contribution in [0.3, 0.4) is 0 Å². The Morgan fingerprint density at radius 1 is 1.53 bits per heavy atom. The highest BCUT2D eigenvalue weighted by atomic mass is 79.9. The monoisotopic (exact) mass is 296 g/mol. The third-order valence-electron chi connectivity index (χ3n) is 3.39. The highest BCUT2D eigenvalue weighted by Crippen LogP contribution is 2.27. The van der Waals surface area contributed by atoms with E-state index in [0.29, 0.717) is 0 Å². The Bertz CT molecular complexity index is 422. The van der Waals surface area contributed by atoms with Gasteiger partial charge in [-0.2, -0.15) is 0 Å². The van der Waals surface area contributed by atoms with Crippen LogP contribution in [0.1, 0.15) is 24.9 Å². The second-order valence-electron chi connectivity index (χ2n) is 4.39. The molecule has 1 fully saturated rings. The molecular formula is C13H17BrN2O. The van der Waals surface area contributed by atoms with Gasteiger partial charge in [-0.3, -0.25) is 4.79 Å². The molecule has 2 unspecified atom stereocenters. The lowest BCUT2D eigenvalue weighted by molar-refractivity contribution is -0.131. The summed E-state index contributed by atoms with van der Waals surface area (Å²) in [6.07, 6.45) is 0.897. The molecule has 0 aromatic heterocycles. The van der Waals surface area contributed by atoms with Gasteiger partial charge < -0.3 is 10.2 Å². The van der Waals surface area contributed by atoms with Gasteiger partial charge in [0.1, 0.15) is 0 Å². The van der Waals surface area contributed by atoms with E-state index in [1.807, 2.05) is 24.1 Å². The molecule has 17 heavy (non-hydrogen) atoms. The first-order chi connectivity index (χ1) is 8.13. The Kier molecular flexibility index (Phi) is 3.84. The average Bonchev–Trinajstić information content (AvgIpc) is 2.69. The molecule has 2 rings (SSSR count). The maximum atomic E-state index is 12.1. The van der Waals surface area contributed by atoms with E-state index >= 15 is 0 Å². The van der Waals surface area contributed by atoms with Crippen molar-refractivity contribution in [2.75, 3.05) is 13.6 Å². The van der Waals surface area contributed by atoms with Crippen LogP contribution < -0.4 is 5.32 Å². The van der Waals surface area contributed by atoms with Crippen molar-refractivity contribution in [2.24, 2.45) is 0 Å². The first-order valence-electron chi connectivity index (χ1n) is 5.86. The lowest BCUT2D eigenvalue weighted by atomic mass is 10.1. The predicted molar refractivity (Wildman–Crippen MR) is 71.7 cm³/mol. The summed E-state index contributed by atoms with van der Waals surface area (Å²) in [5, 5.41) is 3.06. The highest BCUT2D eigenvalue weighted by Gasteiger charge is 2.33. The van der Waals surface area contributed by atoms with Gasteiger partial charge in [-0.1, -0.05) is 28.1 Å².